The lowest BCUT2D eigenvalue weighted by Gasteiger charge is -2.13. The zero-order valence-electron chi connectivity index (χ0n) is 13.6. The Balaban J connectivity index is 2.08. The SMILES string of the molecule is CCCCOCCn1c(CNC(C)C)cc2ccccc21. The molecule has 1 aromatic heterocycles. The van der Waals surface area contributed by atoms with Crippen LogP contribution in [0.25, 0.3) is 10.9 Å². The minimum absolute atomic E-state index is 0.497. The van der Waals surface area contributed by atoms with Crippen molar-refractivity contribution >= 4 is 10.9 Å². The van der Waals surface area contributed by atoms with Crippen molar-refractivity contribution in [3.8, 4) is 0 Å². The fourth-order valence-corrected chi connectivity index (χ4v) is 2.49. The zero-order valence-corrected chi connectivity index (χ0v) is 13.6. The summed E-state index contributed by atoms with van der Waals surface area (Å²) in [6.45, 7) is 10.0. The van der Waals surface area contributed by atoms with Crippen LogP contribution in [0.1, 0.15) is 39.3 Å². The monoisotopic (exact) mass is 288 g/mol. The van der Waals surface area contributed by atoms with Crippen molar-refractivity contribution in [2.75, 3.05) is 13.2 Å². The third kappa shape index (κ3) is 4.58. The topological polar surface area (TPSA) is 26.2 Å². The Morgan fingerprint density at radius 3 is 2.76 bits per heavy atom. The average Bonchev–Trinajstić information content (AvgIpc) is 2.83. The molecule has 0 aliphatic carbocycles. The highest BCUT2D eigenvalue weighted by Gasteiger charge is 2.08. The second-order valence-electron chi connectivity index (χ2n) is 5.85. The first-order valence-corrected chi connectivity index (χ1v) is 8.10. The summed E-state index contributed by atoms with van der Waals surface area (Å²) < 4.78 is 8.12. The third-order valence-corrected chi connectivity index (χ3v) is 3.69. The van der Waals surface area contributed by atoms with Crippen LogP contribution in [0.4, 0.5) is 0 Å². The number of unbranched alkanes of at least 4 members (excludes halogenated alkanes) is 1. The number of fused-ring (bicyclic) bond motifs is 1. The Kier molecular flexibility index (Phi) is 6.27. The van der Waals surface area contributed by atoms with Crippen molar-refractivity contribution in [3.63, 3.8) is 0 Å². The maximum absolute atomic E-state index is 5.74. The van der Waals surface area contributed by atoms with E-state index in [-0.39, 0.29) is 0 Å². The molecule has 0 bridgehead atoms. The van der Waals surface area contributed by atoms with Gasteiger partial charge in [-0.1, -0.05) is 45.4 Å². The van der Waals surface area contributed by atoms with E-state index in [0.717, 1.165) is 32.7 Å². The van der Waals surface area contributed by atoms with Crippen LogP contribution in [0.15, 0.2) is 30.3 Å². The summed E-state index contributed by atoms with van der Waals surface area (Å²) in [5, 5.41) is 4.82. The number of benzene rings is 1. The van der Waals surface area contributed by atoms with Gasteiger partial charge in [0.05, 0.1) is 6.61 Å². The number of hydrogen-bond donors (Lipinski definition) is 1. The molecular weight excluding hydrogens is 260 g/mol. The van der Waals surface area contributed by atoms with Crippen LogP contribution in [-0.4, -0.2) is 23.8 Å². The van der Waals surface area contributed by atoms with Crippen molar-refractivity contribution in [1.82, 2.24) is 9.88 Å². The van der Waals surface area contributed by atoms with Crippen molar-refractivity contribution < 1.29 is 4.74 Å². The second kappa shape index (κ2) is 8.20. The molecule has 0 amide bonds. The molecular formula is C18H28N2O. The Morgan fingerprint density at radius 1 is 1.19 bits per heavy atom. The molecule has 1 N–H and O–H groups in total. The molecule has 2 rings (SSSR count). The maximum Gasteiger partial charge on any atom is 0.0645 e. The van der Waals surface area contributed by atoms with Crippen molar-refractivity contribution in [1.29, 1.82) is 0 Å². The Morgan fingerprint density at radius 2 is 2.00 bits per heavy atom. The highest BCUT2D eigenvalue weighted by Crippen LogP contribution is 2.20. The molecule has 0 spiro atoms. The summed E-state index contributed by atoms with van der Waals surface area (Å²) in [6.07, 6.45) is 2.34. The van der Waals surface area contributed by atoms with E-state index in [1.54, 1.807) is 0 Å². The molecule has 0 atom stereocenters. The van der Waals surface area contributed by atoms with E-state index in [9.17, 15) is 0 Å². The number of aromatic nitrogens is 1. The van der Waals surface area contributed by atoms with Gasteiger partial charge in [0.2, 0.25) is 0 Å². The van der Waals surface area contributed by atoms with Crippen LogP contribution in [0, 0.1) is 0 Å². The first-order valence-electron chi connectivity index (χ1n) is 8.10. The molecule has 116 valence electrons. The van der Waals surface area contributed by atoms with Gasteiger partial charge >= 0.3 is 0 Å². The predicted octanol–water partition coefficient (Wildman–Crippen LogP) is 3.96. The summed E-state index contributed by atoms with van der Waals surface area (Å²) in [7, 11) is 0. The molecule has 3 heteroatoms. The molecule has 1 aromatic carbocycles. The lowest BCUT2D eigenvalue weighted by molar-refractivity contribution is 0.123. The van der Waals surface area contributed by atoms with Crippen LogP contribution in [0.5, 0.6) is 0 Å². The third-order valence-electron chi connectivity index (χ3n) is 3.69. The van der Waals surface area contributed by atoms with Gasteiger partial charge in [0.1, 0.15) is 0 Å². The first kappa shape index (κ1) is 16.1. The van der Waals surface area contributed by atoms with Gasteiger partial charge in [-0.2, -0.15) is 0 Å². The summed E-state index contributed by atoms with van der Waals surface area (Å²) >= 11 is 0. The quantitative estimate of drug-likeness (QED) is 0.707. The first-order chi connectivity index (χ1) is 10.2. The fraction of sp³-hybridized carbons (Fsp3) is 0.556. The van der Waals surface area contributed by atoms with Crippen LogP contribution >= 0.6 is 0 Å². The molecule has 0 unspecified atom stereocenters. The predicted molar refractivity (Wildman–Crippen MR) is 89.6 cm³/mol. The molecule has 2 aromatic rings. The Labute approximate surface area is 128 Å². The van der Waals surface area contributed by atoms with Crippen LogP contribution in [0.2, 0.25) is 0 Å². The molecule has 21 heavy (non-hydrogen) atoms. The van der Waals surface area contributed by atoms with E-state index in [0.29, 0.717) is 6.04 Å². The molecule has 0 aliphatic heterocycles. The zero-order chi connectivity index (χ0) is 15.1. The van der Waals surface area contributed by atoms with Gasteiger partial charge in [-0.3, -0.25) is 0 Å². The number of para-hydroxylation sites is 1. The summed E-state index contributed by atoms with van der Waals surface area (Å²) in [5.41, 5.74) is 2.64. The number of nitrogens with one attached hydrogen (secondary N) is 1. The molecule has 0 saturated heterocycles. The summed E-state index contributed by atoms with van der Waals surface area (Å²) in [5.74, 6) is 0. The number of rotatable bonds is 9. The number of nitrogens with zero attached hydrogens (tertiary/aromatic N) is 1. The smallest absolute Gasteiger partial charge is 0.0645 e. The Bertz CT molecular complexity index is 545. The molecule has 0 fully saturated rings. The minimum atomic E-state index is 0.497. The molecule has 1 heterocycles. The van der Waals surface area contributed by atoms with Crippen LogP contribution in [-0.2, 0) is 17.8 Å². The maximum atomic E-state index is 5.74. The van der Waals surface area contributed by atoms with E-state index < -0.39 is 0 Å². The van der Waals surface area contributed by atoms with E-state index in [1.807, 2.05) is 0 Å². The van der Waals surface area contributed by atoms with E-state index in [2.05, 4.69) is 61.0 Å². The number of ether oxygens (including phenoxy) is 1. The highest BCUT2D eigenvalue weighted by atomic mass is 16.5. The standard InChI is InChI=1S/C18H28N2O/c1-4-5-11-21-12-10-20-17(14-19-15(2)3)13-16-8-6-7-9-18(16)20/h6-9,13,15,19H,4-5,10-12,14H2,1-3H3. The normalized spacial score (nSPS) is 11.6. The molecule has 3 nitrogen and oxygen atoms in total. The van der Waals surface area contributed by atoms with Gasteiger partial charge in [-0.05, 0) is 23.9 Å². The van der Waals surface area contributed by atoms with Crippen LogP contribution < -0.4 is 5.32 Å². The molecule has 0 radical (unpaired) electrons. The lowest BCUT2D eigenvalue weighted by atomic mass is 10.2. The van der Waals surface area contributed by atoms with E-state index in [1.165, 1.54) is 23.0 Å². The summed E-state index contributed by atoms with van der Waals surface area (Å²) in [6, 6.07) is 11.4. The highest BCUT2D eigenvalue weighted by molar-refractivity contribution is 5.81. The Hall–Kier alpha value is -1.32. The van der Waals surface area contributed by atoms with Gasteiger partial charge in [-0.25, -0.2) is 0 Å². The van der Waals surface area contributed by atoms with Gasteiger partial charge < -0.3 is 14.6 Å². The van der Waals surface area contributed by atoms with Gasteiger partial charge in [0.25, 0.3) is 0 Å². The second-order valence-corrected chi connectivity index (χ2v) is 5.85. The average molecular weight is 288 g/mol. The summed E-state index contributed by atoms with van der Waals surface area (Å²) in [4.78, 5) is 0. The van der Waals surface area contributed by atoms with Gasteiger partial charge in [0, 0.05) is 36.9 Å². The van der Waals surface area contributed by atoms with Crippen molar-refractivity contribution in [2.45, 2.75) is 52.7 Å². The van der Waals surface area contributed by atoms with Crippen molar-refractivity contribution in [2.24, 2.45) is 0 Å². The van der Waals surface area contributed by atoms with Crippen LogP contribution in [0.3, 0.4) is 0 Å². The lowest BCUT2D eigenvalue weighted by Crippen LogP contribution is -2.24. The largest absolute Gasteiger partial charge is 0.380 e. The van der Waals surface area contributed by atoms with E-state index >= 15 is 0 Å². The number of hydrogen-bond acceptors (Lipinski definition) is 2. The van der Waals surface area contributed by atoms with E-state index in [4.69, 9.17) is 4.74 Å². The minimum Gasteiger partial charge on any atom is -0.380 e. The van der Waals surface area contributed by atoms with Gasteiger partial charge in [-0.15, -0.1) is 0 Å². The molecule has 0 aliphatic rings. The molecule has 0 saturated carbocycles. The fourth-order valence-electron chi connectivity index (χ4n) is 2.49. The van der Waals surface area contributed by atoms with Crippen molar-refractivity contribution in [3.05, 3.63) is 36.0 Å². The van der Waals surface area contributed by atoms with Gasteiger partial charge in [0.15, 0.2) is 0 Å².